The minimum Gasteiger partial charge on any atom is -0.348 e. The Kier molecular flexibility index (Phi) is 2.52. The highest BCUT2D eigenvalue weighted by Gasteiger charge is 2.38. The molecule has 1 aliphatic heterocycles. The first-order valence-corrected chi connectivity index (χ1v) is 7.05. The maximum absolute atomic E-state index is 12.6. The Labute approximate surface area is 115 Å². The Balaban J connectivity index is 1.81. The molecule has 1 saturated heterocycles. The molecular formula is C14H17N3O3. The average Bonchev–Trinajstić information content (AvgIpc) is 2.97. The maximum Gasteiger partial charge on any atom is 0.276 e. The number of hydrogen-bond donors (Lipinski definition) is 1. The molecule has 2 aromatic rings. The highest BCUT2D eigenvalue weighted by molar-refractivity contribution is 5.42. The third kappa shape index (κ3) is 1.72. The zero-order chi connectivity index (χ0) is 13.7. The standard InChI is InChI=1S/C14H17N3O3/c1-9-8-12-15-11-3-5-14(19-6-7-20-14)4-2-10(11)13(18)17(12)16-9/h8,16H,2-7H2,1H3. The summed E-state index contributed by atoms with van der Waals surface area (Å²) < 4.78 is 13.1. The van der Waals surface area contributed by atoms with Crippen LogP contribution in [0.2, 0.25) is 0 Å². The summed E-state index contributed by atoms with van der Waals surface area (Å²) in [7, 11) is 0. The van der Waals surface area contributed by atoms with Crippen molar-refractivity contribution >= 4 is 5.65 Å². The molecule has 1 fully saturated rings. The minimum absolute atomic E-state index is 0.00754. The van der Waals surface area contributed by atoms with Crippen molar-refractivity contribution in [3.05, 3.63) is 33.4 Å². The Morgan fingerprint density at radius 3 is 2.85 bits per heavy atom. The summed E-state index contributed by atoms with van der Waals surface area (Å²) >= 11 is 0. The first-order chi connectivity index (χ1) is 9.67. The van der Waals surface area contributed by atoms with Gasteiger partial charge < -0.3 is 9.47 Å². The van der Waals surface area contributed by atoms with Crippen LogP contribution >= 0.6 is 0 Å². The van der Waals surface area contributed by atoms with E-state index in [1.165, 1.54) is 4.52 Å². The van der Waals surface area contributed by atoms with Gasteiger partial charge in [0.1, 0.15) is 0 Å². The summed E-state index contributed by atoms with van der Waals surface area (Å²) in [6.07, 6.45) is 2.88. The molecule has 20 heavy (non-hydrogen) atoms. The molecule has 6 nitrogen and oxygen atoms in total. The predicted molar refractivity (Wildman–Crippen MR) is 71.8 cm³/mol. The predicted octanol–water partition coefficient (Wildman–Crippen LogP) is 0.953. The monoisotopic (exact) mass is 275 g/mol. The van der Waals surface area contributed by atoms with E-state index >= 15 is 0 Å². The van der Waals surface area contributed by atoms with Crippen LogP contribution in [0.4, 0.5) is 0 Å². The molecule has 6 heteroatoms. The van der Waals surface area contributed by atoms with Gasteiger partial charge in [-0.25, -0.2) is 9.50 Å². The van der Waals surface area contributed by atoms with Crippen molar-refractivity contribution in [2.75, 3.05) is 13.2 Å². The Bertz CT molecular complexity index is 725. The van der Waals surface area contributed by atoms with E-state index in [0.29, 0.717) is 25.3 Å². The van der Waals surface area contributed by atoms with Gasteiger partial charge in [0.25, 0.3) is 5.56 Å². The lowest BCUT2D eigenvalue weighted by atomic mass is 10.1. The van der Waals surface area contributed by atoms with Crippen LogP contribution in [0.5, 0.6) is 0 Å². The van der Waals surface area contributed by atoms with Crippen LogP contribution in [0.15, 0.2) is 10.9 Å². The van der Waals surface area contributed by atoms with Crippen molar-refractivity contribution < 1.29 is 9.47 Å². The van der Waals surface area contributed by atoms with Gasteiger partial charge in [0.15, 0.2) is 11.4 Å². The summed E-state index contributed by atoms with van der Waals surface area (Å²) in [5.74, 6) is -0.499. The highest BCUT2D eigenvalue weighted by Crippen LogP contribution is 2.33. The third-order valence-corrected chi connectivity index (χ3v) is 4.23. The molecule has 1 N–H and O–H groups in total. The van der Waals surface area contributed by atoms with E-state index in [-0.39, 0.29) is 5.56 Å². The second-order valence-corrected chi connectivity index (χ2v) is 5.58. The van der Waals surface area contributed by atoms with Crippen LogP contribution < -0.4 is 5.56 Å². The van der Waals surface area contributed by atoms with Crippen molar-refractivity contribution in [1.29, 1.82) is 0 Å². The molecule has 0 saturated carbocycles. The number of nitrogens with one attached hydrogen (secondary N) is 1. The Hall–Kier alpha value is -1.66. The zero-order valence-electron chi connectivity index (χ0n) is 11.4. The molecule has 3 heterocycles. The van der Waals surface area contributed by atoms with Gasteiger partial charge in [-0.15, -0.1) is 0 Å². The van der Waals surface area contributed by atoms with Crippen molar-refractivity contribution in [2.24, 2.45) is 0 Å². The van der Waals surface area contributed by atoms with Crippen LogP contribution in [-0.2, 0) is 22.3 Å². The van der Waals surface area contributed by atoms with Gasteiger partial charge in [0, 0.05) is 30.2 Å². The molecule has 0 atom stereocenters. The maximum atomic E-state index is 12.6. The zero-order valence-corrected chi connectivity index (χ0v) is 11.4. The summed E-state index contributed by atoms with van der Waals surface area (Å²) in [6.45, 7) is 3.21. The number of nitrogens with zero attached hydrogens (tertiary/aromatic N) is 2. The van der Waals surface area contributed by atoms with E-state index in [1.807, 2.05) is 13.0 Å². The van der Waals surface area contributed by atoms with E-state index in [2.05, 4.69) is 10.1 Å². The number of aryl methyl sites for hydroxylation is 2. The van der Waals surface area contributed by atoms with Crippen molar-refractivity contribution in [1.82, 2.24) is 14.6 Å². The fourth-order valence-corrected chi connectivity index (χ4v) is 3.22. The fraction of sp³-hybridized carbons (Fsp3) is 0.571. The van der Waals surface area contributed by atoms with Crippen LogP contribution in [0, 0.1) is 6.92 Å². The summed E-state index contributed by atoms with van der Waals surface area (Å²) in [5, 5.41) is 3.04. The topological polar surface area (TPSA) is 68.6 Å². The molecular weight excluding hydrogens is 258 g/mol. The van der Waals surface area contributed by atoms with E-state index in [9.17, 15) is 4.79 Å². The lowest BCUT2D eigenvalue weighted by Crippen LogP contribution is -2.30. The van der Waals surface area contributed by atoms with Crippen LogP contribution in [0.3, 0.4) is 0 Å². The van der Waals surface area contributed by atoms with Crippen molar-refractivity contribution in [3.8, 4) is 0 Å². The lowest BCUT2D eigenvalue weighted by molar-refractivity contribution is -0.164. The van der Waals surface area contributed by atoms with E-state index in [1.54, 1.807) is 0 Å². The fourth-order valence-electron chi connectivity index (χ4n) is 3.22. The number of fused-ring (bicyclic) bond motifs is 2. The van der Waals surface area contributed by atoms with E-state index in [0.717, 1.165) is 36.2 Å². The third-order valence-electron chi connectivity index (χ3n) is 4.23. The first-order valence-electron chi connectivity index (χ1n) is 7.05. The molecule has 106 valence electrons. The molecule has 2 aliphatic rings. The normalized spacial score (nSPS) is 21.2. The first kappa shape index (κ1) is 12.1. The van der Waals surface area contributed by atoms with Gasteiger partial charge in [0.2, 0.25) is 0 Å². The molecule has 0 unspecified atom stereocenters. The second-order valence-electron chi connectivity index (χ2n) is 5.58. The number of aromatic nitrogens is 3. The average molecular weight is 275 g/mol. The number of rotatable bonds is 0. The summed E-state index contributed by atoms with van der Waals surface area (Å²) in [4.78, 5) is 17.2. The number of ether oxygens (including phenoxy) is 2. The van der Waals surface area contributed by atoms with Crippen LogP contribution in [0.25, 0.3) is 5.65 Å². The van der Waals surface area contributed by atoms with Crippen molar-refractivity contribution in [3.63, 3.8) is 0 Å². The van der Waals surface area contributed by atoms with Gasteiger partial charge in [-0.05, 0) is 19.8 Å². The molecule has 4 rings (SSSR count). The quantitative estimate of drug-likeness (QED) is 0.777. The van der Waals surface area contributed by atoms with Gasteiger partial charge >= 0.3 is 0 Å². The molecule has 0 radical (unpaired) electrons. The van der Waals surface area contributed by atoms with Gasteiger partial charge in [-0.3, -0.25) is 9.89 Å². The van der Waals surface area contributed by atoms with Crippen LogP contribution in [-0.4, -0.2) is 33.6 Å². The highest BCUT2D eigenvalue weighted by atomic mass is 16.7. The summed E-state index contributed by atoms with van der Waals surface area (Å²) in [6, 6.07) is 1.89. The molecule has 0 aromatic carbocycles. The molecule has 0 amide bonds. The minimum atomic E-state index is -0.499. The molecule has 0 bridgehead atoms. The smallest absolute Gasteiger partial charge is 0.276 e. The Morgan fingerprint density at radius 1 is 1.30 bits per heavy atom. The number of H-pyrrole nitrogens is 1. The summed E-state index contributed by atoms with van der Waals surface area (Å²) in [5.41, 5.74) is 3.32. The molecule has 1 spiro atoms. The van der Waals surface area contributed by atoms with E-state index in [4.69, 9.17) is 9.47 Å². The van der Waals surface area contributed by atoms with E-state index < -0.39 is 5.79 Å². The lowest BCUT2D eigenvalue weighted by Gasteiger charge is -2.25. The van der Waals surface area contributed by atoms with Gasteiger partial charge in [0.05, 0.1) is 18.9 Å². The van der Waals surface area contributed by atoms with Crippen LogP contribution in [0.1, 0.15) is 29.8 Å². The number of aromatic amines is 1. The largest absolute Gasteiger partial charge is 0.348 e. The number of hydrogen-bond acceptors (Lipinski definition) is 4. The Morgan fingerprint density at radius 2 is 2.05 bits per heavy atom. The van der Waals surface area contributed by atoms with Gasteiger partial charge in [-0.2, -0.15) is 0 Å². The molecule has 1 aliphatic carbocycles. The second kappa shape index (κ2) is 4.17. The molecule has 2 aromatic heterocycles. The SMILES string of the molecule is Cc1cc2nc3c(c(=O)n2[nH]1)CCC1(CC3)OCCO1. The van der Waals surface area contributed by atoms with Gasteiger partial charge in [-0.1, -0.05) is 0 Å². The van der Waals surface area contributed by atoms with Crippen molar-refractivity contribution in [2.45, 2.75) is 38.4 Å².